The van der Waals surface area contributed by atoms with E-state index in [2.05, 4.69) is 0 Å². The Labute approximate surface area is 161 Å². The first kappa shape index (κ1) is 19.3. The highest BCUT2D eigenvalue weighted by Crippen LogP contribution is 2.37. The third-order valence-electron chi connectivity index (χ3n) is 4.53. The number of aryl methyl sites for hydroxylation is 1. The van der Waals surface area contributed by atoms with Crippen LogP contribution >= 0.6 is 0 Å². The van der Waals surface area contributed by atoms with Crippen LogP contribution in [0.1, 0.15) is 39.6 Å². The van der Waals surface area contributed by atoms with Gasteiger partial charge in [0.25, 0.3) is 11.6 Å². The molecule has 28 heavy (non-hydrogen) atoms. The zero-order chi connectivity index (χ0) is 20.3. The van der Waals surface area contributed by atoms with Crippen molar-refractivity contribution in [2.45, 2.75) is 19.8 Å². The van der Waals surface area contributed by atoms with E-state index in [4.69, 9.17) is 9.47 Å². The number of ether oxygens (including phenoxy) is 2. The van der Waals surface area contributed by atoms with Gasteiger partial charge in [0.15, 0.2) is 0 Å². The van der Waals surface area contributed by atoms with Crippen molar-refractivity contribution in [1.29, 1.82) is 0 Å². The SMILES string of the molecule is CCOC(=O)c1cc(C(=O)N2CCCc3cccc(OC)c32)cc([N+](=O)[O-])c1. The van der Waals surface area contributed by atoms with E-state index in [0.717, 1.165) is 24.5 Å². The molecular formula is C20H20N2O6. The quantitative estimate of drug-likeness (QED) is 0.445. The van der Waals surface area contributed by atoms with Crippen LogP contribution in [0.15, 0.2) is 36.4 Å². The minimum Gasteiger partial charge on any atom is -0.495 e. The molecule has 0 fully saturated rings. The summed E-state index contributed by atoms with van der Waals surface area (Å²) in [7, 11) is 1.53. The lowest BCUT2D eigenvalue weighted by Gasteiger charge is -2.31. The summed E-state index contributed by atoms with van der Waals surface area (Å²) >= 11 is 0. The van der Waals surface area contributed by atoms with Crippen molar-refractivity contribution >= 4 is 23.3 Å². The van der Waals surface area contributed by atoms with Gasteiger partial charge in [0, 0.05) is 24.2 Å². The number of methoxy groups -OCH3 is 1. The number of hydrogen-bond acceptors (Lipinski definition) is 6. The number of anilines is 1. The fourth-order valence-electron chi connectivity index (χ4n) is 3.31. The maximum absolute atomic E-state index is 13.2. The second-order valence-electron chi connectivity index (χ2n) is 6.27. The van der Waals surface area contributed by atoms with Crippen LogP contribution in [0.4, 0.5) is 11.4 Å². The lowest BCUT2D eigenvalue weighted by atomic mass is 9.99. The molecule has 0 atom stereocenters. The van der Waals surface area contributed by atoms with E-state index in [1.807, 2.05) is 12.1 Å². The second-order valence-corrected chi connectivity index (χ2v) is 6.27. The number of non-ortho nitro benzene ring substituents is 1. The first-order chi connectivity index (χ1) is 13.5. The number of para-hydroxylation sites is 1. The minimum absolute atomic E-state index is 0.0309. The van der Waals surface area contributed by atoms with Gasteiger partial charge in [0.2, 0.25) is 0 Å². The van der Waals surface area contributed by atoms with Gasteiger partial charge < -0.3 is 14.4 Å². The van der Waals surface area contributed by atoms with E-state index >= 15 is 0 Å². The third kappa shape index (κ3) is 3.66. The van der Waals surface area contributed by atoms with Gasteiger partial charge in [-0.3, -0.25) is 14.9 Å². The molecule has 146 valence electrons. The number of benzene rings is 2. The Morgan fingerprint density at radius 3 is 2.64 bits per heavy atom. The number of rotatable bonds is 5. The minimum atomic E-state index is -0.711. The molecule has 8 heteroatoms. The van der Waals surface area contributed by atoms with Crippen molar-refractivity contribution in [1.82, 2.24) is 0 Å². The summed E-state index contributed by atoms with van der Waals surface area (Å²) in [6.07, 6.45) is 1.56. The average molecular weight is 384 g/mol. The molecule has 8 nitrogen and oxygen atoms in total. The van der Waals surface area contributed by atoms with Gasteiger partial charge in [-0.05, 0) is 37.5 Å². The highest BCUT2D eigenvalue weighted by atomic mass is 16.6. The standard InChI is InChI=1S/C20H20N2O6/c1-3-28-20(24)15-10-14(11-16(12-15)22(25)26)19(23)21-9-5-7-13-6-4-8-17(27-2)18(13)21/h4,6,8,10-12H,3,5,7,9H2,1-2H3. The van der Waals surface area contributed by atoms with E-state index in [-0.39, 0.29) is 23.4 Å². The smallest absolute Gasteiger partial charge is 0.338 e. The normalized spacial score (nSPS) is 12.9. The Bertz CT molecular complexity index is 926. The summed E-state index contributed by atoms with van der Waals surface area (Å²) in [6.45, 7) is 2.21. The zero-order valence-electron chi connectivity index (χ0n) is 15.6. The Hall–Kier alpha value is -3.42. The molecule has 1 amide bonds. The third-order valence-corrected chi connectivity index (χ3v) is 4.53. The summed E-state index contributed by atoms with van der Waals surface area (Å²) in [5.74, 6) is -0.585. The Kier molecular flexibility index (Phi) is 5.58. The van der Waals surface area contributed by atoms with Gasteiger partial charge in [-0.25, -0.2) is 4.79 Å². The van der Waals surface area contributed by atoms with E-state index in [9.17, 15) is 19.7 Å². The highest BCUT2D eigenvalue weighted by Gasteiger charge is 2.28. The molecule has 1 aliphatic rings. The summed E-state index contributed by atoms with van der Waals surface area (Å²) in [4.78, 5) is 37.5. The van der Waals surface area contributed by atoms with Gasteiger partial charge in [-0.1, -0.05) is 12.1 Å². The lowest BCUT2D eigenvalue weighted by Crippen LogP contribution is -2.36. The van der Waals surface area contributed by atoms with Crippen LogP contribution in [-0.4, -0.2) is 37.1 Å². The van der Waals surface area contributed by atoms with Crippen molar-refractivity contribution in [3.8, 4) is 5.75 Å². The molecule has 0 saturated heterocycles. The van der Waals surface area contributed by atoms with E-state index in [1.54, 1.807) is 17.9 Å². The van der Waals surface area contributed by atoms with Crippen LogP contribution in [0.5, 0.6) is 5.75 Å². The Morgan fingerprint density at radius 1 is 1.21 bits per heavy atom. The number of carbonyl (C=O) groups is 2. The van der Waals surface area contributed by atoms with Crippen molar-refractivity contribution < 1.29 is 24.0 Å². The van der Waals surface area contributed by atoms with Crippen molar-refractivity contribution in [2.75, 3.05) is 25.2 Å². The van der Waals surface area contributed by atoms with Crippen LogP contribution in [0.2, 0.25) is 0 Å². The molecule has 1 aliphatic heterocycles. The van der Waals surface area contributed by atoms with Crippen LogP contribution < -0.4 is 9.64 Å². The number of nitrogens with zero attached hydrogens (tertiary/aromatic N) is 2. The number of hydrogen-bond donors (Lipinski definition) is 0. The number of nitro benzene ring substituents is 1. The topological polar surface area (TPSA) is 99.0 Å². The molecule has 0 aliphatic carbocycles. The van der Waals surface area contributed by atoms with Crippen LogP contribution in [0, 0.1) is 10.1 Å². The number of amides is 1. The number of nitro groups is 1. The molecule has 0 bridgehead atoms. The number of carbonyl (C=O) groups excluding carboxylic acids is 2. The molecule has 1 heterocycles. The predicted octanol–water partition coefficient (Wildman–Crippen LogP) is 3.37. The fraction of sp³-hybridized carbons (Fsp3) is 0.300. The summed E-state index contributed by atoms with van der Waals surface area (Å²) in [5, 5.41) is 11.3. The molecule has 0 saturated carbocycles. The van der Waals surface area contributed by atoms with Crippen LogP contribution in [-0.2, 0) is 11.2 Å². The van der Waals surface area contributed by atoms with Crippen LogP contribution in [0.25, 0.3) is 0 Å². The number of fused-ring (bicyclic) bond motifs is 1. The zero-order valence-corrected chi connectivity index (χ0v) is 15.6. The monoisotopic (exact) mass is 384 g/mol. The van der Waals surface area contributed by atoms with Gasteiger partial charge >= 0.3 is 5.97 Å². The predicted molar refractivity (Wildman–Crippen MR) is 102 cm³/mol. The van der Waals surface area contributed by atoms with Gasteiger partial charge in [0.05, 0.1) is 29.9 Å². The molecular weight excluding hydrogens is 364 g/mol. The molecule has 0 radical (unpaired) electrons. The van der Waals surface area contributed by atoms with Gasteiger partial charge in [-0.2, -0.15) is 0 Å². The highest BCUT2D eigenvalue weighted by molar-refractivity contribution is 6.09. The average Bonchev–Trinajstić information content (AvgIpc) is 2.72. The maximum Gasteiger partial charge on any atom is 0.338 e. The first-order valence-corrected chi connectivity index (χ1v) is 8.90. The van der Waals surface area contributed by atoms with Gasteiger partial charge in [0.1, 0.15) is 5.75 Å². The Balaban J connectivity index is 2.06. The van der Waals surface area contributed by atoms with E-state index in [1.165, 1.54) is 19.2 Å². The first-order valence-electron chi connectivity index (χ1n) is 8.90. The summed E-state index contributed by atoms with van der Waals surface area (Å²) in [5.41, 5.74) is 1.30. The Morgan fingerprint density at radius 2 is 1.96 bits per heavy atom. The molecule has 0 unspecified atom stereocenters. The van der Waals surface area contributed by atoms with Gasteiger partial charge in [-0.15, -0.1) is 0 Å². The molecule has 3 rings (SSSR count). The van der Waals surface area contributed by atoms with Crippen LogP contribution in [0.3, 0.4) is 0 Å². The largest absolute Gasteiger partial charge is 0.495 e. The lowest BCUT2D eigenvalue weighted by molar-refractivity contribution is -0.384. The second kappa shape index (κ2) is 8.08. The maximum atomic E-state index is 13.2. The summed E-state index contributed by atoms with van der Waals surface area (Å²) < 4.78 is 10.3. The molecule has 0 spiro atoms. The molecule has 0 aromatic heterocycles. The summed E-state index contributed by atoms with van der Waals surface area (Å²) in [6, 6.07) is 9.17. The molecule has 2 aromatic carbocycles. The van der Waals surface area contributed by atoms with E-state index < -0.39 is 16.8 Å². The van der Waals surface area contributed by atoms with Crippen molar-refractivity contribution in [3.63, 3.8) is 0 Å². The molecule has 2 aromatic rings. The molecule has 0 N–H and O–H groups in total. The fourth-order valence-corrected chi connectivity index (χ4v) is 3.31. The van der Waals surface area contributed by atoms with E-state index in [0.29, 0.717) is 18.0 Å². The van der Waals surface area contributed by atoms with Crippen molar-refractivity contribution in [3.05, 3.63) is 63.2 Å². The number of esters is 1. The van der Waals surface area contributed by atoms with Crippen molar-refractivity contribution in [2.24, 2.45) is 0 Å².